The van der Waals surface area contributed by atoms with Gasteiger partial charge < -0.3 is 0 Å². The Hall–Kier alpha value is -2.30. The van der Waals surface area contributed by atoms with Crippen molar-refractivity contribution in [1.29, 1.82) is 0 Å². The fourth-order valence-electron chi connectivity index (χ4n) is 2.33. The molecule has 4 rings (SSSR count). The molecule has 106 valence electrons. The van der Waals surface area contributed by atoms with Crippen LogP contribution in [-0.4, -0.2) is 9.97 Å². The molecule has 4 heteroatoms. The molecule has 2 nitrogen and oxygen atoms in total. The quantitative estimate of drug-likeness (QED) is 0.491. The lowest BCUT2D eigenvalue weighted by molar-refractivity contribution is 1.25. The van der Waals surface area contributed by atoms with Crippen molar-refractivity contribution >= 4 is 22.7 Å². The van der Waals surface area contributed by atoms with Crippen LogP contribution in [-0.2, 0) is 0 Å². The van der Waals surface area contributed by atoms with Crippen molar-refractivity contribution in [2.45, 2.75) is 0 Å². The molecule has 0 aromatic carbocycles. The molecule has 4 aromatic heterocycles. The first-order valence-electron chi connectivity index (χ1n) is 6.90. The van der Waals surface area contributed by atoms with E-state index >= 15 is 0 Å². The third-order valence-electron chi connectivity index (χ3n) is 3.39. The van der Waals surface area contributed by atoms with Crippen molar-refractivity contribution < 1.29 is 0 Å². The molecule has 22 heavy (non-hydrogen) atoms. The Kier molecular flexibility index (Phi) is 3.54. The van der Waals surface area contributed by atoms with Crippen LogP contribution in [0.3, 0.4) is 0 Å². The molecule has 0 spiro atoms. The van der Waals surface area contributed by atoms with Crippen LogP contribution in [0, 0.1) is 0 Å². The van der Waals surface area contributed by atoms with E-state index in [1.807, 2.05) is 24.5 Å². The summed E-state index contributed by atoms with van der Waals surface area (Å²) in [6.07, 6.45) is 3.70. The van der Waals surface area contributed by atoms with Crippen molar-refractivity contribution in [2.75, 3.05) is 0 Å². The maximum absolute atomic E-state index is 4.49. The topological polar surface area (TPSA) is 25.8 Å². The fourth-order valence-corrected chi connectivity index (χ4v) is 3.78. The lowest BCUT2D eigenvalue weighted by Crippen LogP contribution is -1.88. The predicted molar refractivity (Wildman–Crippen MR) is 94.1 cm³/mol. The highest BCUT2D eigenvalue weighted by atomic mass is 32.1. The summed E-state index contributed by atoms with van der Waals surface area (Å²) in [5.74, 6) is 0. The van der Waals surface area contributed by atoms with Gasteiger partial charge in [-0.1, -0.05) is 12.1 Å². The molecule has 0 aliphatic heterocycles. The van der Waals surface area contributed by atoms with E-state index in [1.165, 1.54) is 20.9 Å². The standard InChI is InChI=1S/C18H12N2S2/c1-3-17(21-9-1)13-5-7-19-15(11-13)16-12-14(6-8-20-16)18-4-2-10-22-18/h1-12H. The van der Waals surface area contributed by atoms with E-state index in [0.717, 1.165) is 11.4 Å². The summed E-state index contributed by atoms with van der Waals surface area (Å²) in [5.41, 5.74) is 4.18. The fraction of sp³-hybridized carbons (Fsp3) is 0. The summed E-state index contributed by atoms with van der Waals surface area (Å²) in [7, 11) is 0. The van der Waals surface area contributed by atoms with E-state index in [2.05, 4.69) is 57.1 Å². The van der Waals surface area contributed by atoms with Gasteiger partial charge in [0.05, 0.1) is 11.4 Å². The van der Waals surface area contributed by atoms with Crippen LogP contribution in [0.5, 0.6) is 0 Å². The maximum atomic E-state index is 4.49. The minimum absolute atomic E-state index is 0.907. The Morgan fingerprint density at radius 1 is 0.636 bits per heavy atom. The molecule has 4 heterocycles. The highest BCUT2D eigenvalue weighted by Gasteiger charge is 2.07. The zero-order valence-corrected chi connectivity index (χ0v) is 13.3. The molecule has 0 aliphatic rings. The first-order valence-corrected chi connectivity index (χ1v) is 8.66. The molecule has 0 unspecified atom stereocenters. The molecule has 0 saturated heterocycles. The number of pyridine rings is 2. The molecular weight excluding hydrogens is 308 g/mol. The molecule has 0 saturated carbocycles. The normalized spacial score (nSPS) is 10.7. The smallest absolute Gasteiger partial charge is 0.0892 e. The number of thiophene rings is 2. The van der Waals surface area contributed by atoms with Crippen molar-refractivity contribution in [2.24, 2.45) is 0 Å². The van der Waals surface area contributed by atoms with E-state index in [4.69, 9.17) is 0 Å². The second kappa shape index (κ2) is 5.83. The Balaban J connectivity index is 1.76. The van der Waals surface area contributed by atoms with Gasteiger partial charge in [-0.2, -0.15) is 0 Å². The van der Waals surface area contributed by atoms with Crippen LogP contribution in [0.25, 0.3) is 32.3 Å². The van der Waals surface area contributed by atoms with Crippen LogP contribution >= 0.6 is 22.7 Å². The average Bonchev–Trinajstić information content (AvgIpc) is 3.29. The lowest BCUT2D eigenvalue weighted by atomic mass is 10.1. The van der Waals surface area contributed by atoms with Crippen LogP contribution in [0.15, 0.2) is 71.7 Å². The molecule has 0 fully saturated rings. The van der Waals surface area contributed by atoms with E-state index in [1.54, 1.807) is 22.7 Å². The van der Waals surface area contributed by atoms with Gasteiger partial charge in [0.2, 0.25) is 0 Å². The summed E-state index contributed by atoms with van der Waals surface area (Å²) >= 11 is 3.47. The molecule has 0 N–H and O–H groups in total. The summed E-state index contributed by atoms with van der Waals surface area (Å²) < 4.78 is 0. The van der Waals surface area contributed by atoms with E-state index in [9.17, 15) is 0 Å². The molecule has 4 aromatic rings. The summed E-state index contributed by atoms with van der Waals surface area (Å²) in [6, 6.07) is 16.7. The van der Waals surface area contributed by atoms with Crippen molar-refractivity contribution in [1.82, 2.24) is 9.97 Å². The van der Waals surface area contributed by atoms with Gasteiger partial charge in [-0.05, 0) is 58.3 Å². The third kappa shape index (κ3) is 2.58. The zero-order chi connectivity index (χ0) is 14.8. The van der Waals surface area contributed by atoms with E-state index in [-0.39, 0.29) is 0 Å². The van der Waals surface area contributed by atoms with Gasteiger partial charge in [-0.15, -0.1) is 22.7 Å². The number of hydrogen-bond acceptors (Lipinski definition) is 4. The van der Waals surface area contributed by atoms with Crippen LogP contribution < -0.4 is 0 Å². The predicted octanol–water partition coefficient (Wildman–Crippen LogP) is 5.60. The van der Waals surface area contributed by atoms with Gasteiger partial charge in [0, 0.05) is 22.1 Å². The zero-order valence-electron chi connectivity index (χ0n) is 11.6. The van der Waals surface area contributed by atoms with E-state index in [0.29, 0.717) is 0 Å². The van der Waals surface area contributed by atoms with Gasteiger partial charge >= 0.3 is 0 Å². The van der Waals surface area contributed by atoms with Crippen LogP contribution in [0.2, 0.25) is 0 Å². The molecule has 0 bridgehead atoms. The van der Waals surface area contributed by atoms with Gasteiger partial charge in [0.15, 0.2) is 0 Å². The number of nitrogens with zero attached hydrogens (tertiary/aromatic N) is 2. The minimum Gasteiger partial charge on any atom is -0.255 e. The van der Waals surface area contributed by atoms with Crippen molar-refractivity contribution in [3.63, 3.8) is 0 Å². The Bertz CT molecular complexity index is 805. The summed E-state index contributed by atoms with van der Waals surface area (Å²) in [6.45, 7) is 0. The number of rotatable bonds is 3. The second-order valence-corrected chi connectivity index (χ2v) is 6.71. The number of aromatic nitrogens is 2. The molecule has 0 atom stereocenters. The SMILES string of the molecule is c1csc(-c2ccnc(-c3cc(-c4cccs4)ccn3)c2)c1. The number of hydrogen-bond donors (Lipinski definition) is 0. The lowest BCUT2D eigenvalue weighted by Gasteiger charge is -2.04. The molecule has 0 radical (unpaired) electrons. The Morgan fingerprint density at radius 2 is 1.14 bits per heavy atom. The molecule has 0 amide bonds. The highest BCUT2D eigenvalue weighted by molar-refractivity contribution is 7.13. The Labute approximate surface area is 136 Å². The van der Waals surface area contributed by atoms with E-state index < -0.39 is 0 Å². The summed E-state index contributed by atoms with van der Waals surface area (Å²) in [4.78, 5) is 11.5. The van der Waals surface area contributed by atoms with Crippen LogP contribution in [0.1, 0.15) is 0 Å². The molecule has 0 aliphatic carbocycles. The maximum Gasteiger partial charge on any atom is 0.0892 e. The first kappa shape index (κ1) is 13.4. The first-order chi connectivity index (χ1) is 10.9. The Morgan fingerprint density at radius 3 is 1.55 bits per heavy atom. The second-order valence-electron chi connectivity index (χ2n) is 4.81. The van der Waals surface area contributed by atoms with Gasteiger partial charge in [0.25, 0.3) is 0 Å². The van der Waals surface area contributed by atoms with Crippen molar-refractivity contribution in [3.8, 4) is 32.3 Å². The van der Waals surface area contributed by atoms with Crippen LogP contribution in [0.4, 0.5) is 0 Å². The minimum atomic E-state index is 0.907. The van der Waals surface area contributed by atoms with Gasteiger partial charge in [-0.25, -0.2) is 0 Å². The van der Waals surface area contributed by atoms with Crippen molar-refractivity contribution in [3.05, 3.63) is 71.7 Å². The third-order valence-corrected chi connectivity index (χ3v) is 5.23. The molecular formula is C18H12N2S2. The monoisotopic (exact) mass is 320 g/mol. The van der Waals surface area contributed by atoms with Gasteiger partial charge in [0.1, 0.15) is 0 Å². The largest absolute Gasteiger partial charge is 0.255 e. The van der Waals surface area contributed by atoms with Gasteiger partial charge in [-0.3, -0.25) is 9.97 Å². The average molecular weight is 320 g/mol. The highest BCUT2D eigenvalue weighted by Crippen LogP contribution is 2.30. The summed E-state index contributed by atoms with van der Waals surface area (Å²) in [5, 5.41) is 4.18.